The van der Waals surface area contributed by atoms with Gasteiger partial charge in [0, 0.05) is 52.1 Å². The number of hydrogen-bond acceptors (Lipinski definition) is 4. The zero-order valence-electron chi connectivity index (χ0n) is 13.3. The molecule has 2 aliphatic heterocycles. The van der Waals surface area contributed by atoms with Gasteiger partial charge in [0.1, 0.15) is 11.9 Å². The molecular formula is C16H26N4O2. The van der Waals surface area contributed by atoms with Gasteiger partial charge in [-0.25, -0.2) is 4.98 Å². The highest BCUT2D eigenvalue weighted by atomic mass is 16.5. The maximum Gasteiger partial charge on any atom is 0.223 e. The van der Waals surface area contributed by atoms with Crippen LogP contribution in [-0.2, 0) is 16.6 Å². The Hall–Kier alpha value is -1.40. The molecule has 0 bridgehead atoms. The summed E-state index contributed by atoms with van der Waals surface area (Å²) in [4.78, 5) is 19.1. The molecule has 1 amide bonds. The molecule has 0 aliphatic carbocycles. The molecule has 22 heavy (non-hydrogen) atoms. The summed E-state index contributed by atoms with van der Waals surface area (Å²) >= 11 is 0. The van der Waals surface area contributed by atoms with Gasteiger partial charge in [-0.05, 0) is 25.7 Å². The van der Waals surface area contributed by atoms with Crippen LogP contribution < -0.4 is 5.32 Å². The van der Waals surface area contributed by atoms with Crippen molar-refractivity contribution in [1.29, 1.82) is 0 Å². The van der Waals surface area contributed by atoms with E-state index < -0.39 is 0 Å². The van der Waals surface area contributed by atoms with Gasteiger partial charge >= 0.3 is 0 Å². The zero-order valence-corrected chi connectivity index (χ0v) is 13.3. The number of hydrogen-bond donors (Lipinski definition) is 1. The van der Waals surface area contributed by atoms with Crippen molar-refractivity contribution in [2.24, 2.45) is 7.05 Å². The van der Waals surface area contributed by atoms with Crippen molar-refractivity contribution in [2.45, 2.75) is 44.2 Å². The third-order valence-electron chi connectivity index (χ3n) is 4.67. The SMILES string of the molecule is Cn1ccnc1C1CNCCN1C(=O)CCC1CCCCO1. The fourth-order valence-electron chi connectivity index (χ4n) is 3.39. The van der Waals surface area contributed by atoms with Crippen molar-refractivity contribution in [2.75, 3.05) is 26.2 Å². The van der Waals surface area contributed by atoms with Gasteiger partial charge in [-0.2, -0.15) is 0 Å². The molecule has 2 atom stereocenters. The molecule has 2 saturated heterocycles. The van der Waals surface area contributed by atoms with E-state index in [0.29, 0.717) is 6.42 Å². The second kappa shape index (κ2) is 7.24. The number of nitrogens with one attached hydrogen (secondary N) is 1. The van der Waals surface area contributed by atoms with Gasteiger partial charge < -0.3 is 19.5 Å². The number of aromatic nitrogens is 2. The average molecular weight is 306 g/mol. The normalized spacial score (nSPS) is 26.1. The molecule has 0 spiro atoms. The molecule has 1 aromatic rings. The molecule has 2 unspecified atom stereocenters. The first-order chi connectivity index (χ1) is 10.8. The van der Waals surface area contributed by atoms with Crippen LogP contribution in [0.4, 0.5) is 0 Å². The Labute approximate surface area is 131 Å². The second-order valence-corrected chi connectivity index (χ2v) is 6.23. The lowest BCUT2D eigenvalue weighted by Crippen LogP contribution is -2.49. The van der Waals surface area contributed by atoms with Crippen LogP contribution in [0, 0.1) is 0 Å². The van der Waals surface area contributed by atoms with Crippen LogP contribution >= 0.6 is 0 Å². The van der Waals surface area contributed by atoms with Gasteiger partial charge in [0.25, 0.3) is 0 Å². The third-order valence-corrected chi connectivity index (χ3v) is 4.67. The monoisotopic (exact) mass is 306 g/mol. The lowest BCUT2D eigenvalue weighted by Gasteiger charge is -2.36. The number of aryl methyl sites for hydroxylation is 1. The van der Waals surface area contributed by atoms with Gasteiger partial charge in [0.05, 0.1) is 6.10 Å². The molecule has 6 heteroatoms. The number of amides is 1. The van der Waals surface area contributed by atoms with E-state index in [1.165, 1.54) is 6.42 Å². The highest BCUT2D eigenvalue weighted by molar-refractivity contribution is 5.76. The first-order valence-corrected chi connectivity index (χ1v) is 8.34. The van der Waals surface area contributed by atoms with Crippen LogP contribution in [0.25, 0.3) is 0 Å². The summed E-state index contributed by atoms with van der Waals surface area (Å²) in [6, 6.07) is 0.0357. The minimum absolute atomic E-state index is 0.0357. The summed E-state index contributed by atoms with van der Waals surface area (Å²) in [7, 11) is 1.98. The summed E-state index contributed by atoms with van der Waals surface area (Å²) in [5.74, 6) is 1.18. The maximum atomic E-state index is 12.7. The molecule has 3 rings (SSSR count). The number of ether oxygens (including phenoxy) is 1. The van der Waals surface area contributed by atoms with E-state index in [-0.39, 0.29) is 18.1 Å². The van der Waals surface area contributed by atoms with E-state index in [2.05, 4.69) is 10.3 Å². The van der Waals surface area contributed by atoms with Crippen LogP contribution in [0.2, 0.25) is 0 Å². The smallest absolute Gasteiger partial charge is 0.223 e. The molecule has 3 heterocycles. The Kier molecular flexibility index (Phi) is 5.10. The average Bonchev–Trinajstić information content (AvgIpc) is 2.99. The number of carbonyl (C=O) groups is 1. The third kappa shape index (κ3) is 3.50. The maximum absolute atomic E-state index is 12.7. The predicted octanol–water partition coefficient (Wildman–Crippen LogP) is 1.24. The summed E-state index contributed by atoms with van der Waals surface area (Å²) in [5, 5.41) is 3.37. The van der Waals surface area contributed by atoms with Crippen LogP contribution in [-0.4, -0.2) is 52.7 Å². The molecule has 1 N–H and O–H groups in total. The molecule has 0 aromatic carbocycles. The lowest BCUT2D eigenvalue weighted by molar-refractivity contribution is -0.135. The Balaban J connectivity index is 1.60. The highest BCUT2D eigenvalue weighted by Crippen LogP contribution is 2.23. The fourth-order valence-corrected chi connectivity index (χ4v) is 3.39. The second-order valence-electron chi connectivity index (χ2n) is 6.23. The Bertz CT molecular complexity index is 496. The number of carbonyl (C=O) groups excluding carboxylic acids is 1. The fraction of sp³-hybridized carbons (Fsp3) is 0.750. The van der Waals surface area contributed by atoms with Crippen LogP contribution in [0.1, 0.15) is 44.0 Å². The van der Waals surface area contributed by atoms with Crippen molar-refractivity contribution < 1.29 is 9.53 Å². The summed E-state index contributed by atoms with van der Waals surface area (Å²) in [5.41, 5.74) is 0. The summed E-state index contributed by atoms with van der Waals surface area (Å²) in [6.07, 6.45) is 8.89. The van der Waals surface area contributed by atoms with E-state index in [0.717, 1.165) is 51.3 Å². The minimum Gasteiger partial charge on any atom is -0.378 e. The van der Waals surface area contributed by atoms with E-state index >= 15 is 0 Å². The van der Waals surface area contributed by atoms with Gasteiger partial charge in [0.2, 0.25) is 5.91 Å². The molecule has 0 saturated carbocycles. The van der Waals surface area contributed by atoms with Crippen molar-refractivity contribution >= 4 is 5.91 Å². The summed E-state index contributed by atoms with van der Waals surface area (Å²) in [6.45, 7) is 3.23. The van der Waals surface area contributed by atoms with Crippen molar-refractivity contribution in [3.05, 3.63) is 18.2 Å². The first-order valence-electron chi connectivity index (χ1n) is 8.34. The van der Waals surface area contributed by atoms with E-state index in [9.17, 15) is 4.79 Å². The lowest BCUT2D eigenvalue weighted by atomic mass is 10.0. The zero-order chi connectivity index (χ0) is 15.4. The molecule has 2 fully saturated rings. The van der Waals surface area contributed by atoms with Gasteiger partial charge in [0.15, 0.2) is 0 Å². The highest BCUT2D eigenvalue weighted by Gasteiger charge is 2.30. The van der Waals surface area contributed by atoms with Crippen molar-refractivity contribution in [3.63, 3.8) is 0 Å². The topological polar surface area (TPSA) is 59.4 Å². The largest absolute Gasteiger partial charge is 0.378 e. The predicted molar refractivity (Wildman–Crippen MR) is 83.4 cm³/mol. The van der Waals surface area contributed by atoms with E-state index in [1.54, 1.807) is 6.20 Å². The van der Waals surface area contributed by atoms with Crippen LogP contribution in [0.15, 0.2) is 12.4 Å². The molecule has 1 aromatic heterocycles. The molecule has 0 radical (unpaired) electrons. The van der Waals surface area contributed by atoms with Crippen LogP contribution in [0.3, 0.4) is 0 Å². The molecule has 2 aliphatic rings. The number of piperazine rings is 1. The molecule has 6 nitrogen and oxygen atoms in total. The number of rotatable bonds is 4. The number of imidazole rings is 1. The Morgan fingerprint density at radius 1 is 1.50 bits per heavy atom. The Morgan fingerprint density at radius 3 is 3.14 bits per heavy atom. The van der Waals surface area contributed by atoms with Crippen LogP contribution in [0.5, 0.6) is 0 Å². The minimum atomic E-state index is 0.0357. The standard InChI is InChI=1S/C16H26N4O2/c1-19-9-8-18-16(19)14-12-17-7-10-20(14)15(21)6-5-13-4-2-3-11-22-13/h8-9,13-14,17H,2-7,10-12H2,1H3. The molecule has 122 valence electrons. The van der Waals surface area contributed by atoms with Crippen molar-refractivity contribution in [1.82, 2.24) is 19.8 Å². The molecular weight excluding hydrogens is 280 g/mol. The Morgan fingerprint density at radius 2 is 2.41 bits per heavy atom. The van der Waals surface area contributed by atoms with E-state index in [4.69, 9.17) is 4.74 Å². The van der Waals surface area contributed by atoms with Gasteiger partial charge in [-0.1, -0.05) is 0 Å². The quantitative estimate of drug-likeness (QED) is 0.909. The van der Waals surface area contributed by atoms with Gasteiger partial charge in [-0.3, -0.25) is 4.79 Å². The first kappa shape index (κ1) is 15.5. The number of nitrogens with zero attached hydrogens (tertiary/aromatic N) is 3. The summed E-state index contributed by atoms with van der Waals surface area (Å²) < 4.78 is 7.74. The van der Waals surface area contributed by atoms with Gasteiger partial charge in [-0.15, -0.1) is 0 Å². The van der Waals surface area contributed by atoms with E-state index in [1.807, 2.05) is 22.7 Å². The van der Waals surface area contributed by atoms with Crippen molar-refractivity contribution in [3.8, 4) is 0 Å².